The van der Waals surface area contributed by atoms with E-state index in [9.17, 15) is 0 Å². The third-order valence-electron chi connectivity index (χ3n) is 8.43. The minimum atomic E-state index is 0.995. The summed E-state index contributed by atoms with van der Waals surface area (Å²) in [6.45, 7) is 0. The maximum atomic E-state index is 2.48. The van der Waals surface area contributed by atoms with E-state index in [0.717, 1.165) is 12.8 Å². The van der Waals surface area contributed by atoms with E-state index >= 15 is 0 Å². The van der Waals surface area contributed by atoms with Crippen molar-refractivity contribution in [2.24, 2.45) is 0 Å². The van der Waals surface area contributed by atoms with Gasteiger partial charge in [0.2, 0.25) is 0 Å². The van der Waals surface area contributed by atoms with Crippen LogP contribution in [0.5, 0.6) is 0 Å². The van der Waals surface area contributed by atoms with Crippen molar-refractivity contribution in [3.8, 4) is 22.3 Å². The van der Waals surface area contributed by atoms with E-state index in [4.69, 9.17) is 0 Å². The summed E-state index contributed by atoms with van der Waals surface area (Å²) in [5.41, 5.74) is 15.6. The summed E-state index contributed by atoms with van der Waals surface area (Å²) in [5, 5.41) is 5.40. The molecule has 0 radical (unpaired) electrons. The number of hydrogen-bond donors (Lipinski definition) is 0. The third kappa shape index (κ3) is 2.15. The van der Waals surface area contributed by atoms with Gasteiger partial charge in [-0.3, -0.25) is 0 Å². The Morgan fingerprint density at radius 3 is 2.23 bits per heavy atom. The van der Waals surface area contributed by atoms with Crippen LogP contribution in [0.25, 0.3) is 60.3 Å². The predicted molar refractivity (Wildman–Crippen MR) is 146 cm³/mol. The molecule has 0 unspecified atom stereocenters. The van der Waals surface area contributed by atoms with Crippen LogP contribution < -0.4 is 0 Å². The fraction of sp³-hybridized carbons (Fsp3) is 0.0588. The van der Waals surface area contributed by atoms with Gasteiger partial charge < -0.3 is 4.40 Å². The lowest BCUT2D eigenvalue weighted by Gasteiger charge is -2.13. The highest BCUT2D eigenvalue weighted by molar-refractivity contribution is 6.18. The molecule has 0 aliphatic heterocycles. The highest BCUT2D eigenvalue weighted by atomic mass is 14.9. The molecule has 0 spiro atoms. The fourth-order valence-electron chi connectivity index (χ4n) is 7.01. The van der Waals surface area contributed by atoms with Crippen LogP contribution in [0.3, 0.4) is 0 Å². The molecule has 0 fully saturated rings. The Balaban J connectivity index is 1.44. The van der Waals surface area contributed by atoms with Gasteiger partial charge in [-0.05, 0) is 80.9 Å². The van der Waals surface area contributed by atoms with Crippen molar-refractivity contribution in [2.45, 2.75) is 12.8 Å². The zero-order chi connectivity index (χ0) is 22.7. The van der Waals surface area contributed by atoms with Crippen LogP contribution >= 0.6 is 0 Å². The number of rotatable bonds is 0. The number of benzene rings is 5. The molecule has 2 heterocycles. The van der Waals surface area contributed by atoms with Gasteiger partial charge in [0.15, 0.2) is 0 Å². The summed E-state index contributed by atoms with van der Waals surface area (Å²) in [7, 11) is 0. The van der Waals surface area contributed by atoms with Gasteiger partial charge in [-0.2, -0.15) is 0 Å². The van der Waals surface area contributed by atoms with Gasteiger partial charge in [0.25, 0.3) is 0 Å². The van der Waals surface area contributed by atoms with E-state index in [0.29, 0.717) is 0 Å². The molecule has 2 aliphatic rings. The van der Waals surface area contributed by atoms with Crippen molar-refractivity contribution < 1.29 is 0 Å². The number of fused-ring (bicyclic) bond motifs is 16. The second-order valence-corrected chi connectivity index (χ2v) is 10.1. The minimum Gasteiger partial charge on any atom is -0.309 e. The van der Waals surface area contributed by atoms with Gasteiger partial charge in [-0.25, -0.2) is 0 Å². The molecule has 162 valence electrons. The molecule has 0 N–H and O–H groups in total. The second kappa shape index (κ2) is 6.20. The lowest BCUT2D eigenvalue weighted by atomic mass is 9.95. The fourth-order valence-corrected chi connectivity index (χ4v) is 7.01. The van der Waals surface area contributed by atoms with Gasteiger partial charge in [0, 0.05) is 16.2 Å². The van der Waals surface area contributed by atoms with Crippen LogP contribution in [-0.4, -0.2) is 4.40 Å². The van der Waals surface area contributed by atoms with Crippen molar-refractivity contribution >= 4 is 38.1 Å². The smallest absolute Gasteiger partial charge is 0.0550 e. The summed E-state index contributed by atoms with van der Waals surface area (Å²) < 4.78 is 2.48. The van der Waals surface area contributed by atoms with Crippen molar-refractivity contribution in [2.75, 3.05) is 0 Å². The zero-order valence-corrected chi connectivity index (χ0v) is 19.2. The monoisotopic (exact) mass is 443 g/mol. The second-order valence-electron chi connectivity index (χ2n) is 10.1. The van der Waals surface area contributed by atoms with Gasteiger partial charge in [0.1, 0.15) is 0 Å². The first kappa shape index (κ1) is 18.0. The van der Waals surface area contributed by atoms with E-state index in [1.807, 2.05) is 0 Å². The summed E-state index contributed by atoms with van der Waals surface area (Å²) in [4.78, 5) is 0. The van der Waals surface area contributed by atoms with Gasteiger partial charge >= 0.3 is 0 Å². The van der Waals surface area contributed by atoms with Crippen LogP contribution in [0.2, 0.25) is 0 Å². The largest absolute Gasteiger partial charge is 0.309 e. The lowest BCUT2D eigenvalue weighted by Crippen LogP contribution is -1.94. The Hall–Kier alpha value is -4.36. The quantitative estimate of drug-likeness (QED) is 0.207. The van der Waals surface area contributed by atoms with E-state index in [-0.39, 0.29) is 0 Å². The molecule has 2 aromatic heterocycles. The maximum Gasteiger partial charge on any atom is 0.0550 e. The van der Waals surface area contributed by atoms with Crippen molar-refractivity contribution in [1.29, 1.82) is 0 Å². The maximum absolute atomic E-state index is 2.48. The normalized spacial score (nSPS) is 13.5. The molecule has 1 nitrogen and oxygen atoms in total. The average Bonchev–Trinajstić information content (AvgIpc) is 3.59. The highest BCUT2D eigenvalue weighted by Crippen LogP contribution is 2.50. The molecule has 0 saturated heterocycles. The third-order valence-corrected chi connectivity index (χ3v) is 8.43. The molecule has 2 aliphatic carbocycles. The van der Waals surface area contributed by atoms with Gasteiger partial charge in [-0.1, -0.05) is 84.9 Å². The Morgan fingerprint density at radius 1 is 0.486 bits per heavy atom. The molecule has 9 rings (SSSR count). The zero-order valence-electron chi connectivity index (χ0n) is 19.2. The molecule has 35 heavy (non-hydrogen) atoms. The molecule has 5 aromatic carbocycles. The first-order valence-corrected chi connectivity index (χ1v) is 12.5. The molecule has 1 heteroatoms. The Morgan fingerprint density at radius 2 is 1.26 bits per heavy atom. The van der Waals surface area contributed by atoms with Crippen LogP contribution in [0.4, 0.5) is 0 Å². The number of hydrogen-bond acceptors (Lipinski definition) is 0. The van der Waals surface area contributed by atoms with Gasteiger partial charge in [0.05, 0.1) is 16.6 Å². The van der Waals surface area contributed by atoms with Crippen molar-refractivity contribution in [3.05, 3.63) is 125 Å². The van der Waals surface area contributed by atoms with E-state index in [2.05, 4.69) is 108 Å². The standard InChI is InChI=1S/C34H21N/c1-3-9-23-20(7-1)17-22-13-14-24-25-15-16-27-26-10-4-6-12-31(26)35-30-11-5-2-8-21(30)18-32(35)34(27)29(25)19-28(24)33(22)23/h1-16,18H,17,19H2. The van der Waals surface area contributed by atoms with E-state index in [1.165, 1.54) is 82.6 Å². The topological polar surface area (TPSA) is 4.41 Å². The Labute approximate surface area is 202 Å². The summed E-state index contributed by atoms with van der Waals surface area (Å²) in [5.74, 6) is 0. The van der Waals surface area contributed by atoms with Crippen LogP contribution in [0.15, 0.2) is 103 Å². The Kier molecular flexibility index (Phi) is 3.19. The minimum absolute atomic E-state index is 0.995. The summed E-state index contributed by atoms with van der Waals surface area (Å²) in [6.07, 6.45) is 2.05. The number of para-hydroxylation sites is 2. The molecular formula is C34H21N. The SMILES string of the molecule is c1ccc2c(c1)Cc1ccc3c(c1-2)Cc1c-3ccc2c3ccccc3n3c4ccccc4cc3c12. The van der Waals surface area contributed by atoms with Crippen molar-refractivity contribution in [1.82, 2.24) is 4.40 Å². The number of nitrogens with zero attached hydrogens (tertiary/aromatic N) is 1. The van der Waals surface area contributed by atoms with Crippen molar-refractivity contribution in [3.63, 3.8) is 0 Å². The summed E-state index contributed by atoms with van der Waals surface area (Å²) >= 11 is 0. The average molecular weight is 444 g/mol. The first-order valence-electron chi connectivity index (χ1n) is 12.5. The van der Waals surface area contributed by atoms with E-state index in [1.54, 1.807) is 0 Å². The lowest BCUT2D eigenvalue weighted by molar-refractivity contribution is 1.24. The first-order chi connectivity index (χ1) is 17.4. The highest BCUT2D eigenvalue weighted by Gasteiger charge is 2.30. The molecule has 0 atom stereocenters. The summed E-state index contributed by atoms with van der Waals surface area (Å²) in [6, 6.07) is 38.5. The number of aromatic nitrogens is 1. The predicted octanol–water partition coefficient (Wildman–Crippen LogP) is 8.54. The molecule has 0 saturated carbocycles. The van der Waals surface area contributed by atoms with Crippen LogP contribution in [-0.2, 0) is 12.8 Å². The Bertz CT molecular complexity index is 2050. The van der Waals surface area contributed by atoms with Crippen LogP contribution in [0.1, 0.15) is 22.3 Å². The van der Waals surface area contributed by atoms with Gasteiger partial charge in [-0.15, -0.1) is 0 Å². The van der Waals surface area contributed by atoms with Crippen LogP contribution in [0, 0.1) is 0 Å². The molecule has 0 amide bonds. The molecule has 0 bridgehead atoms. The molecule has 7 aromatic rings. The van der Waals surface area contributed by atoms with E-state index < -0.39 is 0 Å². The number of pyridine rings is 1. The molecular weight excluding hydrogens is 422 g/mol.